The van der Waals surface area contributed by atoms with E-state index in [0.717, 1.165) is 65.4 Å². The van der Waals surface area contributed by atoms with Crippen LogP contribution in [0.4, 0.5) is 11.4 Å². The average molecular weight is 750 g/mol. The monoisotopic (exact) mass is 747 g/mol. The normalized spacial score (nSPS) is 11.7. The molecule has 8 heteroatoms. The van der Waals surface area contributed by atoms with Crippen molar-refractivity contribution in [1.82, 2.24) is 4.98 Å². The van der Waals surface area contributed by atoms with Gasteiger partial charge in [-0.2, -0.15) is 0 Å². The molecule has 5 rings (SSSR count). The molecule has 41 heavy (non-hydrogen) atoms. The zero-order valence-electron chi connectivity index (χ0n) is 22.2. The van der Waals surface area contributed by atoms with E-state index in [0.29, 0.717) is 0 Å². The van der Waals surface area contributed by atoms with E-state index < -0.39 is 0 Å². The molecule has 0 N–H and O–H groups in total. The third-order valence-corrected chi connectivity index (χ3v) is 7.87. The quantitative estimate of drug-likeness (QED) is 0.126. The van der Waals surface area contributed by atoms with Gasteiger partial charge in [-0.3, -0.25) is 0 Å². The number of aromatic nitrogens is 1. The zero-order chi connectivity index (χ0) is 29.2. The second-order valence-electron chi connectivity index (χ2n) is 8.98. The number of aliphatic imine (C=N–C) groups is 2. The van der Waals surface area contributed by atoms with Crippen molar-refractivity contribution >= 4 is 74.9 Å². The molecule has 0 radical (unpaired) electrons. The molecule has 0 atom stereocenters. The molecule has 3 nitrogen and oxygen atoms in total. The number of benzene rings is 4. The van der Waals surface area contributed by atoms with Crippen LogP contribution in [0.25, 0.3) is 0 Å². The van der Waals surface area contributed by atoms with E-state index >= 15 is 0 Å². The van der Waals surface area contributed by atoms with Gasteiger partial charge in [0.1, 0.15) is 0 Å². The first kappa shape index (κ1) is 31.4. The maximum absolute atomic E-state index is 5.12. The molecule has 0 unspecified atom stereocenters. The predicted molar refractivity (Wildman–Crippen MR) is 177 cm³/mol. The Balaban J connectivity index is 0.00000124. The Morgan fingerprint density at radius 3 is 1.34 bits per heavy atom. The molecule has 0 fully saturated rings. The Hall–Kier alpha value is -2.57. The first-order valence-corrected chi connectivity index (χ1v) is 17.2. The molecule has 5 aromatic rings. The van der Waals surface area contributed by atoms with Gasteiger partial charge in [0.2, 0.25) is 0 Å². The molecule has 0 amide bonds. The van der Waals surface area contributed by atoms with Crippen LogP contribution in [0.3, 0.4) is 0 Å². The fourth-order valence-corrected chi connectivity index (χ4v) is 4.58. The third kappa shape index (κ3) is 8.71. The fraction of sp³-hybridized carbons (Fsp3) is 0.0606. The summed E-state index contributed by atoms with van der Waals surface area (Å²) in [6.45, 7) is 4.13. The predicted octanol–water partition coefficient (Wildman–Crippen LogP) is 10.9. The van der Waals surface area contributed by atoms with Crippen molar-refractivity contribution in [3.8, 4) is 0 Å². The average Bonchev–Trinajstić information content (AvgIpc) is 2.99. The van der Waals surface area contributed by atoms with Crippen molar-refractivity contribution in [2.24, 2.45) is 9.98 Å². The van der Waals surface area contributed by atoms with Gasteiger partial charge in [-0.15, -0.1) is 0 Å². The van der Waals surface area contributed by atoms with E-state index in [1.807, 2.05) is 78.9 Å². The molecule has 208 valence electrons. The first-order valence-electron chi connectivity index (χ1n) is 12.5. The molecule has 1 heterocycles. The molecule has 0 saturated carbocycles. The van der Waals surface area contributed by atoms with Crippen LogP contribution in [0.15, 0.2) is 134 Å². The van der Waals surface area contributed by atoms with E-state index in [2.05, 4.69) is 82.1 Å². The van der Waals surface area contributed by atoms with Crippen molar-refractivity contribution in [3.05, 3.63) is 158 Å². The number of halogens is 4. The summed E-state index contributed by atoms with van der Waals surface area (Å²) in [4.78, 5) is 15.3. The number of aryl methyl sites for hydroxylation is 2. The van der Waals surface area contributed by atoms with Crippen LogP contribution in [0.1, 0.15) is 33.6 Å². The van der Waals surface area contributed by atoms with Crippen molar-refractivity contribution in [2.75, 3.05) is 0 Å². The van der Waals surface area contributed by atoms with Crippen LogP contribution >= 0.6 is 52.1 Å². The molecule has 4 aromatic carbocycles. The van der Waals surface area contributed by atoms with Gasteiger partial charge in [-0.05, 0) is 73.5 Å². The summed E-state index contributed by atoms with van der Waals surface area (Å²) in [7, 11) is 9.53. The third-order valence-electron chi connectivity index (χ3n) is 6.09. The van der Waals surface area contributed by atoms with Gasteiger partial charge in [0.15, 0.2) is 0 Å². The Kier molecular flexibility index (Phi) is 11.9. The molecular weight excluding hydrogens is 725 g/mol. The maximum atomic E-state index is 5.12. The van der Waals surface area contributed by atoms with E-state index in [1.165, 1.54) is 0 Å². The Morgan fingerprint density at radius 1 is 0.585 bits per heavy atom. The fourth-order valence-electron chi connectivity index (χ4n) is 4.08. The summed E-state index contributed by atoms with van der Waals surface area (Å²) in [5, 5.41) is 0. The second-order valence-corrected chi connectivity index (χ2v) is 12.5. The van der Waals surface area contributed by atoms with Crippen molar-refractivity contribution in [2.45, 2.75) is 13.8 Å². The Bertz CT molecular complexity index is 1560. The molecular formula is C33H25Br2Cl2FeN3. The summed E-state index contributed by atoms with van der Waals surface area (Å²) in [6.07, 6.45) is 0. The minimum atomic E-state index is 0.194. The standard InChI is InChI=1S/C33H25Br2N3.2ClH.Fe/c1-22-20-26(16-18-28(22)34)36-32(24-10-5-3-6-11-24)30-14-9-15-31(38-30)33(25-12-7-4-8-13-25)37-27-17-19-29(35)23(2)21-27;;;/h3-21H,1-2H3;2*1H;/q;;;+2/p-2. The summed E-state index contributed by atoms with van der Waals surface area (Å²) in [5.41, 5.74) is 9.18. The molecule has 0 aliphatic heterocycles. The summed E-state index contributed by atoms with van der Waals surface area (Å²) >= 11 is 7.38. The van der Waals surface area contributed by atoms with Crippen LogP contribution in [0.5, 0.6) is 0 Å². The van der Waals surface area contributed by atoms with Crippen LogP contribution in [-0.2, 0) is 13.1 Å². The number of rotatable bonds is 6. The second kappa shape index (κ2) is 15.6. The summed E-state index contributed by atoms with van der Waals surface area (Å²) in [6, 6.07) is 38.6. The number of hydrogen-bond acceptors (Lipinski definition) is 3. The van der Waals surface area contributed by atoms with Gasteiger partial charge in [0.05, 0.1) is 34.2 Å². The van der Waals surface area contributed by atoms with Gasteiger partial charge < -0.3 is 0 Å². The van der Waals surface area contributed by atoms with Gasteiger partial charge in [0, 0.05) is 20.1 Å². The number of hydrogen-bond donors (Lipinski definition) is 0. The van der Waals surface area contributed by atoms with Crippen molar-refractivity contribution < 1.29 is 13.1 Å². The number of pyridine rings is 1. The van der Waals surface area contributed by atoms with Gasteiger partial charge in [-0.1, -0.05) is 98.6 Å². The van der Waals surface area contributed by atoms with Crippen molar-refractivity contribution in [1.29, 1.82) is 0 Å². The molecule has 0 aliphatic rings. The number of nitrogens with zero attached hydrogens (tertiary/aromatic N) is 3. The SMILES string of the molecule is Cc1cc(N=C(c2ccccc2)c2cccc(C(=Nc3ccc(Br)c(C)c3)c3ccccc3)n2)ccc1Br.[Cl][Fe][Cl]. The Labute approximate surface area is 272 Å². The topological polar surface area (TPSA) is 37.6 Å². The Morgan fingerprint density at radius 2 is 0.976 bits per heavy atom. The van der Waals surface area contributed by atoms with Crippen LogP contribution in [0.2, 0.25) is 0 Å². The van der Waals surface area contributed by atoms with E-state index in [9.17, 15) is 0 Å². The van der Waals surface area contributed by atoms with Crippen molar-refractivity contribution in [3.63, 3.8) is 0 Å². The van der Waals surface area contributed by atoms with Gasteiger partial charge in [0.25, 0.3) is 0 Å². The van der Waals surface area contributed by atoms with E-state index in [4.69, 9.17) is 35.2 Å². The summed E-state index contributed by atoms with van der Waals surface area (Å²) < 4.78 is 2.12. The zero-order valence-corrected chi connectivity index (χ0v) is 28.0. The summed E-state index contributed by atoms with van der Waals surface area (Å²) in [5.74, 6) is 0. The molecule has 0 spiro atoms. The van der Waals surface area contributed by atoms with Gasteiger partial charge >= 0.3 is 33.3 Å². The van der Waals surface area contributed by atoms with E-state index in [1.54, 1.807) is 0 Å². The van der Waals surface area contributed by atoms with Crippen LogP contribution in [-0.4, -0.2) is 16.4 Å². The molecule has 0 saturated heterocycles. The first-order chi connectivity index (χ1) is 19.9. The van der Waals surface area contributed by atoms with E-state index in [-0.39, 0.29) is 13.1 Å². The molecule has 0 aliphatic carbocycles. The van der Waals surface area contributed by atoms with Crippen LogP contribution < -0.4 is 0 Å². The minimum absolute atomic E-state index is 0.194. The van der Waals surface area contributed by atoms with Crippen LogP contribution in [0, 0.1) is 13.8 Å². The van der Waals surface area contributed by atoms with Gasteiger partial charge in [-0.25, -0.2) is 15.0 Å². The molecule has 1 aromatic heterocycles. The molecule has 0 bridgehead atoms.